The Morgan fingerprint density at radius 1 is 1.04 bits per heavy atom. The summed E-state index contributed by atoms with van der Waals surface area (Å²) in [6.07, 6.45) is 2.77. The van der Waals surface area contributed by atoms with Crippen LogP contribution in [0.25, 0.3) is 0 Å². The van der Waals surface area contributed by atoms with Gasteiger partial charge in [-0.3, -0.25) is 9.59 Å². The average molecular weight is 385 g/mol. The number of nitrogens with one attached hydrogen (secondary N) is 1. The standard InChI is InChI=1S/C20H17ClN2O2S/c21-16-8-4-5-14(11-16)12-17-13-22-20(26-17)23-19(25)10-9-18(24)15-6-2-1-3-7-15/h1-8,11,13H,9-10,12H2,(H,22,23,25). The van der Waals surface area contributed by atoms with Crippen LogP contribution in [0.2, 0.25) is 5.02 Å². The van der Waals surface area contributed by atoms with Gasteiger partial charge in [-0.15, -0.1) is 11.3 Å². The number of Topliss-reactive ketones (excluding diaryl/α,β-unsaturated/α-hetero) is 1. The Bertz CT molecular complexity index is 909. The number of nitrogens with zero attached hydrogens (tertiary/aromatic N) is 1. The Morgan fingerprint density at radius 3 is 2.62 bits per heavy atom. The average Bonchev–Trinajstić information content (AvgIpc) is 3.07. The molecule has 0 fully saturated rings. The lowest BCUT2D eigenvalue weighted by molar-refractivity contribution is -0.116. The summed E-state index contributed by atoms with van der Waals surface area (Å²) < 4.78 is 0. The number of carbonyl (C=O) groups is 2. The number of halogens is 1. The summed E-state index contributed by atoms with van der Waals surface area (Å²) in [4.78, 5) is 29.3. The maximum absolute atomic E-state index is 12.0. The van der Waals surface area contributed by atoms with Crippen molar-refractivity contribution in [1.82, 2.24) is 4.98 Å². The molecule has 26 heavy (non-hydrogen) atoms. The predicted octanol–water partition coefficient (Wildman–Crippen LogP) is 4.99. The van der Waals surface area contributed by atoms with Crippen LogP contribution in [0.1, 0.15) is 33.6 Å². The number of ketones is 1. The lowest BCUT2D eigenvalue weighted by Gasteiger charge is -2.02. The third-order valence-corrected chi connectivity index (χ3v) is 4.89. The van der Waals surface area contributed by atoms with E-state index in [1.165, 1.54) is 11.3 Å². The van der Waals surface area contributed by atoms with Crippen LogP contribution in [0, 0.1) is 0 Å². The zero-order valence-electron chi connectivity index (χ0n) is 13.9. The van der Waals surface area contributed by atoms with E-state index in [-0.39, 0.29) is 24.5 Å². The van der Waals surface area contributed by atoms with Crippen LogP contribution < -0.4 is 5.32 Å². The fourth-order valence-electron chi connectivity index (χ4n) is 2.47. The molecule has 0 unspecified atom stereocenters. The molecule has 1 amide bonds. The fourth-order valence-corrected chi connectivity index (χ4v) is 3.55. The van der Waals surface area contributed by atoms with Crippen LogP contribution >= 0.6 is 22.9 Å². The number of rotatable bonds is 7. The van der Waals surface area contributed by atoms with E-state index in [0.717, 1.165) is 10.4 Å². The molecule has 0 bridgehead atoms. The van der Waals surface area contributed by atoms with Gasteiger partial charge in [0.2, 0.25) is 5.91 Å². The van der Waals surface area contributed by atoms with E-state index in [0.29, 0.717) is 22.1 Å². The molecule has 3 aromatic rings. The van der Waals surface area contributed by atoms with Gasteiger partial charge in [0.15, 0.2) is 10.9 Å². The zero-order chi connectivity index (χ0) is 18.4. The van der Waals surface area contributed by atoms with Crippen molar-refractivity contribution in [3.8, 4) is 0 Å². The summed E-state index contributed by atoms with van der Waals surface area (Å²) in [5.41, 5.74) is 1.71. The summed E-state index contributed by atoms with van der Waals surface area (Å²) in [7, 11) is 0. The van der Waals surface area contributed by atoms with E-state index in [2.05, 4.69) is 10.3 Å². The van der Waals surface area contributed by atoms with Crippen molar-refractivity contribution >= 4 is 39.8 Å². The molecule has 0 aliphatic rings. The van der Waals surface area contributed by atoms with Crippen LogP contribution in [0.3, 0.4) is 0 Å². The van der Waals surface area contributed by atoms with E-state index < -0.39 is 0 Å². The molecule has 6 heteroatoms. The smallest absolute Gasteiger partial charge is 0.226 e. The maximum Gasteiger partial charge on any atom is 0.226 e. The molecule has 0 atom stereocenters. The molecule has 0 spiro atoms. The number of carbonyl (C=O) groups excluding carboxylic acids is 2. The molecular weight excluding hydrogens is 368 g/mol. The molecule has 1 aromatic heterocycles. The molecule has 0 aliphatic heterocycles. The van der Waals surface area contributed by atoms with Crippen LogP contribution in [0.4, 0.5) is 5.13 Å². The first-order chi connectivity index (χ1) is 12.6. The minimum atomic E-state index is -0.210. The molecule has 1 heterocycles. The first kappa shape index (κ1) is 18.3. The van der Waals surface area contributed by atoms with E-state index in [9.17, 15) is 9.59 Å². The van der Waals surface area contributed by atoms with Crippen molar-refractivity contribution in [2.24, 2.45) is 0 Å². The summed E-state index contributed by atoms with van der Waals surface area (Å²) in [5.74, 6) is -0.250. The summed E-state index contributed by atoms with van der Waals surface area (Å²) >= 11 is 7.41. The van der Waals surface area contributed by atoms with Crippen molar-refractivity contribution in [2.45, 2.75) is 19.3 Å². The Morgan fingerprint density at radius 2 is 1.85 bits per heavy atom. The lowest BCUT2D eigenvalue weighted by Crippen LogP contribution is -2.13. The van der Waals surface area contributed by atoms with Crippen LogP contribution in [0.5, 0.6) is 0 Å². The summed E-state index contributed by atoms with van der Waals surface area (Å²) in [6.45, 7) is 0. The van der Waals surface area contributed by atoms with Gasteiger partial charge >= 0.3 is 0 Å². The van der Waals surface area contributed by atoms with Gasteiger partial charge in [-0.05, 0) is 17.7 Å². The normalized spacial score (nSPS) is 10.5. The lowest BCUT2D eigenvalue weighted by atomic mass is 10.1. The van der Waals surface area contributed by atoms with Crippen LogP contribution in [-0.4, -0.2) is 16.7 Å². The predicted molar refractivity (Wildman–Crippen MR) is 105 cm³/mol. The van der Waals surface area contributed by atoms with Crippen molar-refractivity contribution in [1.29, 1.82) is 0 Å². The molecule has 0 aliphatic carbocycles. The highest BCUT2D eigenvalue weighted by atomic mass is 35.5. The number of benzene rings is 2. The molecule has 2 aromatic carbocycles. The second-order valence-electron chi connectivity index (χ2n) is 5.78. The highest BCUT2D eigenvalue weighted by molar-refractivity contribution is 7.15. The van der Waals surface area contributed by atoms with E-state index in [1.807, 2.05) is 42.5 Å². The number of thiazole rings is 1. The number of anilines is 1. The van der Waals surface area contributed by atoms with Crippen molar-refractivity contribution in [3.05, 3.63) is 81.8 Å². The van der Waals surface area contributed by atoms with Crippen molar-refractivity contribution in [2.75, 3.05) is 5.32 Å². The van der Waals surface area contributed by atoms with Gasteiger partial charge in [0, 0.05) is 40.9 Å². The molecule has 3 rings (SSSR count). The van der Waals surface area contributed by atoms with E-state index in [1.54, 1.807) is 18.3 Å². The van der Waals surface area contributed by atoms with Gasteiger partial charge in [-0.1, -0.05) is 54.1 Å². The van der Waals surface area contributed by atoms with Crippen molar-refractivity contribution in [3.63, 3.8) is 0 Å². The second kappa shape index (κ2) is 8.74. The topological polar surface area (TPSA) is 59.1 Å². The van der Waals surface area contributed by atoms with Gasteiger partial charge in [-0.25, -0.2) is 4.98 Å². The molecule has 1 N–H and O–H groups in total. The zero-order valence-corrected chi connectivity index (χ0v) is 15.5. The number of amides is 1. The van der Waals surface area contributed by atoms with E-state index >= 15 is 0 Å². The number of aromatic nitrogens is 1. The number of hydrogen-bond acceptors (Lipinski definition) is 4. The highest BCUT2D eigenvalue weighted by Crippen LogP contribution is 2.22. The van der Waals surface area contributed by atoms with Gasteiger partial charge in [0.25, 0.3) is 0 Å². The Balaban J connectivity index is 1.50. The third-order valence-electron chi connectivity index (χ3n) is 3.74. The second-order valence-corrected chi connectivity index (χ2v) is 7.33. The first-order valence-electron chi connectivity index (χ1n) is 8.17. The van der Waals surface area contributed by atoms with Crippen LogP contribution in [-0.2, 0) is 11.2 Å². The Kier molecular flexibility index (Phi) is 6.15. The summed E-state index contributed by atoms with van der Waals surface area (Å²) in [6, 6.07) is 16.6. The minimum absolute atomic E-state index is 0.0402. The van der Waals surface area contributed by atoms with Gasteiger partial charge in [0.1, 0.15) is 0 Å². The Hall–Kier alpha value is -2.50. The highest BCUT2D eigenvalue weighted by Gasteiger charge is 2.11. The molecule has 0 radical (unpaired) electrons. The third kappa shape index (κ3) is 5.25. The van der Waals surface area contributed by atoms with E-state index in [4.69, 9.17) is 11.6 Å². The van der Waals surface area contributed by atoms with Gasteiger partial charge in [-0.2, -0.15) is 0 Å². The van der Waals surface area contributed by atoms with Gasteiger partial charge < -0.3 is 5.32 Å². The maximum atomic E-state index is 12.0. The molecule has 132 valence electrons. The first-order valence-corrected chi connectivity index (χ1v) is 9.37. The molecule has 4 nitrogen and oxygen atoms in total. The molecular formula is C20H17ClN2O2S. The minimum Gasteiger partial charge on any atom is -0.302 e. The fraction of sp³-hybridized carbons (Fsp3) is 0.150. The molecule has 0 saturated carbocycles. The number of hydrogen-bond donors (Lipinski definition) is 1. The monoisotopic (exact) mass is 384 g/mol. The largest absolute Gasteiger partial charge is 0.302 e. The SMILES string of the molecule is O=C(CCC(=O)c1ccccc1)Nc1ncc(Cc2cccc(Cl)c2)s1. The van der Waals surface area contributed by atoms with Gasteiger partial charge in [0.05, 0.1) is 0 Å². The Labute approximate surface area is 160 Å². The van der Waals surface area contributed by atoms with Crippen LogP contribution in [0.15, 0.2) is 60.8 Å². The van der Waals surface area contributed by atoms with Crippen molar-refractivity contribution < 1.29 is 9.59 Å². The molecule has 0 saturated heterocycles. The summed E-state index contributed by atoms with van der Waals surface area (Å²) in [5, 5.41) is 4.00. The quantitative estimate of drug-likeness (QED) is 0.584.